The van der Waals surface area contributed by atoms with Crippen LogP contribution in [0.1, 0.15) is 48.7 Å². The van der Waals surface area contributed by atoms with Gasteiger partial charge in [0.25, 0.3) is 0 Å². The summed E-state index contributed by atoms with van der Waals surface area (Å²) in [5.74, 6) is 0.290. The number of esters is 1. The normalized spacial score (nSPS) is 20.3. The summed E-state index contributed by atoms with van der Waals surface area (Å²) in [6.07, 6.45) is 7.07. The molecule has 1 heterocycles. The minimum atomic E-state index is -0.277. The molecule has 1 aliphatic carbocycles. The zero-order valence-electron chi connectivity index (χ0n) is 12.3. The highest BCUT2D eigenvalue weighted by molar-refractivity contribution is 5.90. The van der Waals surface area contributed by atoms with Gasteiger partial charge in [-0.05, 0) is 50.7 Å². The van der Waals surface area contributed by atoms with Crippen LogP contribution < -0.4 is 5.73 Å². The molecule has 0 aromatic carbocycles. The highest BCUT2D eigenvalue weighted by Gasteiger charge is 2.24. The molecule has 6 heteroatoms. The number of hydrogen-bond acceptors (Lipinski definition) is 4. The third-order valence-corrected chi connectivity index (χ3v) is 3.86. The van der Waals surface area contributed by atoms with E-state index in [-0.39, 0.29) is 30.8 Å². The molecule has 1 aromatic heterocycles. The van der Waals surface area contributed by atoms with Crippen LogP contribution in [0.2, 0.25) is 0 Å². The zero-order chi connectivity index (χ0) is 13.7. The lowest BCUT2D eigenvalue weighted by Crippen LogP contribution is -2.25. The molecule has 1 aliphatic rings. The fourth-order valence-corrected chi connectivity index (χ4v) is 2.78. The minimum Gasteiger partial charge on any atom is -0.462 e. The Morgan fingerprint density at radius 3 is 2.81 bits per heavy atom. The molecule has 0 unspecified atom stereocenters. The van der Waals surface area contributed by atoms with E-state index in [0.717, 1.165) is 25.0 Å². The number of nitrogens with two attached hydrogens (primary N) is 1. The molecule has 0 radical (unpaired) electrons. The Hall–Kier alpha value is -0.840. The van der Waals surface area contributed by atoms with Gasteiger partial charge in [0.15, 0.2) is 0 Å². The number of carbonyl (C=O) groups excluding carboxylic acids is 1. The number of aryl methyl sites for hydroxylation is 1. The Bertz CT molecular complexity index is 443. The van der Waals surface area contributed by atoms with Crippen LogP contribution in [0.4, 0.5) is 0 Å². The van der Waals surface area contributed by atoms with Crippen LogP contribution in [0.5, 0.6) is 0 Å². The molecule has 4 nitrogen and oxygen atoms in total. The third kappa shape index (κ3) is 5.46. The Morgan fingerprint density at radius 2 is 2.19 bits per heavy atom. The molecule has 2 rings (SSSR count). The van der Waals surface area contributed by atoms with Gasteiger partial charge in [0, 0.05) is 12.2 Å². The van der Waals surface area contributed by atoms with Gasteiger partial charge in [0.1, 0.15) is 0 Å². The molecule has 21 heavy (non-hydrogen) atoms. The molecule has 2 N–H and O–H groups in total. The van der Waals surface area contributed by atoms with Crippen LogP contribution >= 0.6 is 24.8 Å². The van der Waals surface area contributed by atoms with Crippen molar-refractivity contribution >= 4 is 30.8 Å². The Kier molecular flexibility index (Phi) is 9.58. The summed E-state index contributed by atoms with van der Waals surface area (Å²) in [4.78, 5) is 16.2. The SMILES string of the molecule is CCOC(=O)c1cccnc1CC[C@@H]1CCC[C@@H]1N.Cl.Cl. The highest BCUT2D eigenvalue weighted by Crippen LogP contribution is 2.28. The molecular weight excluding hydrogens is 311 g/mol. The standard InChI is InChI=1S/C15H22N2O2.2ClH/c1-2-19-15(18)12-6-4-10-17-14(12)9-8-11-5-3-7-13(11)16;;/h4,6,10-11,13H,2-3,5,7-9,16H2,1H3;2*1H/t11-,13-;;/m0../s1. The van der Waals surface area contributed by atoms with Gasteiger partial charge in [0.05, 0.1) is 17.9 Å². The third-order valence-electron chi connectivity index (χ3n) is 3.86. The second kappa shape index (κ2) is 9.98. The molecule has 1 saturated carbocycles. The van der Waals surface area contributed by atoms with Crippen molar-refractivity contribution < 1.29 is 9.53 Å². The van der Waals surface area contributed by atoms with E-state index >= 15 is 0 Å². The largest absolute Gasteiger partial charge is 0.462 e. The van der Waals surface area contributed by atoms with Gasteiger partial charge >= 0.3 is 5.97 Å². The Labute approximate surface area is 138 Å². The van der Waals surface area contributed by atoms with Gasteiger partial charge in [-0.25, -0.2) is 4.79 Å². The number of hydrogen-bond donors (Lipinski definition) is 1. The van der Waals surface area contributed by atoms with E-state index in [1.807, 2.05) is 6.92 Å². The average molecular weight is 335 g/mol. The molecule has 0 amide bonds. The van der Waals surface area contributed by atoms with E-state index in [4.69, 9.17) is 10.5 Å². The van der Waals surface area contributed by atoms with Crippen molar-refractivity contribution in [2.45, 2.75) is 45.1 Å². The number of ether oxygens (including phenoxy) is 1. The lowest BCUT2D eigenvalue weighted by atomic mass is 9.96. The Morgan fingerprint density at radius 1 is 1.43 bits per heavy atom. The quantitative estimate of drug-likeness (QED) is 0.840. The number of rotatable bonds is 5. The van der Waals surface area contributed by atoms with Crippen molar-refractivity contribution in [1.82, 2.24) is 4.98 Å². The van der Waals surface area contributed by atoms with E-state index in [2.05, 4.69) is 4.98 Å². The van der Waals surface area contributed by atoms with Crippen molar-refractivity contribution in [1.29, 1.82) is 0 Å². The number of pyridine rings is 1. The molecule has 0 spiro atoms. The van der Waals surface area contributed by atoms with Gasteiger partial charge in [-0.15, -0.1) is 24.8 Å². The van der Waals surface area contributed by atoms with Crippen LogP contribution in [0.15, 0.2) is 18.3 Å². The van der Waals surface area contributed by atoms with Gasteiger partial charge < -0.3 is 10.5 Å². The fraction of sp³-hybridized carbons (Fsp3) is 0.600. The van der Waals surface area contributed by atoms with Gasteiger partial charge in [-0.2, -0.15) is 0 Å². The average Bonchev–Trinajstić information content (AvgIpc) is 2.82. The van der Waals surface area contributed by atoms with Crippen LogP contribution in [-0.4, -0.2) is 23.6 Å². The summed E-state index contributed by atoms with van der Waals surface area (Å²) in [7, 11) is 0. The number of aromatic nitrogens is 1. The molecule has 2 atom stereocenters. The second-order valence-electron chi connectivity index (χ2n) is 5.11. The lowest BCUT2D eigenvalue weighted by Gasteiger charge is -2.15. The first-order valence-electron chi connectivity index (χ1n) is 7.09. The summed E-state index contributed by atoms with van der Waals surface area (Å²) in [5, 5.41) is 0. The summed E-state index contributed by atoms with van der Waals surface area (Å²) in [6.45, 7) is 2.20. The number of nitrogens with zero attached hydrogens (tertiary/aromatic N) is 1. The first-order valence-corrected chi connectivity index (χ1v) is 7.09. The summed E-state index contributed by atoms with van der Waals surface area (Å²) < 4.78 is 5.06. The van der Waals surface area contributed by atoms with E-state index in [1.54, 1.807) is 18.3 Å². The topological polar surface area (TPSA) is 65.2 Å². The maximum atomic E-state index is 11.8. The van der Waals surface area contributed by atoms with E-state index in [1.165, 1.54) is 12.8 Å². The van der Waals surface area contributed by atoms with Gasteiger partial charge in [-0.1, -0.05) is 6.42 Å². The molecule has 1 aromatic rings. The van der Waals surface area contributed by atoms with Crippen LogP contribution in [0, 0.1) is 5.92 Å². The molecule has 0 bridgehead atoms. The minimum absolute atomic E-state index is 0. The predicted octanol–water partition coefficient (Wildman–Crippen LogP) is 3.16. The zero-order valence-corrected chi connectivity index (χ0v) is 13.9. The van der Waals surface area contributed by atoms with Crippen LogP contribution in [0.3, 0.4) is 0 Å². The maximum absolute atomic E-state index is 11.8. The van der Waals surface area contributed by atoms with Crippen molar-refractivity contribution in [3.8, 4) is 0 Å². The second-order valence-corrected chi connectivity index (χ2v) is 5.11. The van der Waals surface area contributed by atoms with Crippen molar-refractivity contribution in [3.63, 3.8) is 0 Å². The fourth-order valence-electron chi connectivity index (χ4n) is 2.78. The summed E-state index contributed by atoms with van der Waals surface area (Å²) in [6, 6.07) is 3.88. The Balaban J connectivity index is 0.00000200. The number of carbonyl (C=O) groups is 1. The predicted molar refractivity (Wildman–Crippen MR) is 88.3 cm³/mol. The molecule has 120 valence electrons. The maximum Gasteiger partial charge on any atom is 0.339 e. The molecular formula is C15H24Cl2N2O2. The first kappa shape index (κ1) is 20.2. The highest BCUT2D eigenvalue weighted by atomic mass is 35.5. The van der Waals surface area contributed by atoms with Crippen LogP contribution in [-0.2, 0) is 11.2 Å². The van der Waals surface area contributed by atoms with Gasteiger partial charge in [-0.3, -0.25) is 4.98 Å². The van der Waals surface area contributed by atoms with E-state index in [9.17, 15) is 4.79 Å². The van der Waals surface area contributed by atoms with Crippen molar-refractivity contribution in [3.05, 3.63) is 29.6 Å². The van der Waals surface area contributed by atoms with E-state index in [0.29, 0.717) is 24.1 Å². The van der Waals surface area contributed by atoms with E-state index < -0.39 is 0 Å². The molecule has 0 saturated heterocycles. The smallest absolute Gasteiger partial charge is 0.339 e. The van der Waals surface area contributed by atoms with Crippen LogP contribution in [0.25, 0.3) is 0 Å². The van der Waals surface area contributed by atoms with Crippen molar-refractivity contribution in [2.24, 2.45) is 11.7 Å². The number of halogens is 2. The summed E-state index contributed by atoms with van der Waals surface area (Å²) in [5.41, 5.74) is 7.50. The first-order chi connectivity index (χ1) is 9.22. The lowest BCUT2D eigenvalue weighted by molar-refractivity contribution is 0.0524. The molecule has 0 aliphatic heterocycles. The summed E-state index contributed by atoms with van der Waals surface area (Å²) >= 11 is 0. The van der Waals surface area contributed by atoms with Gasteiger partial charge in [0.2, 0.25) is 0 Å². The molecule has 1 fully saturated rings. The monoisotopic (exact) mass is 334 g/mol. The van der Waals surface area contributed by atoms with Crippen molar-refractivity contribution in [2.75, 3.05) is 6.61 Å².